The largest absolute Gasteiger partial charge is 0.368 e. The van der Waals surface area contributed by atoms with E-state index in [1.165, 1.54) is 35.0 Å². The van der Waals surface area contributed by atoms with Gasteiger partial charge in [-0.3, -0.25) is 24.0 Å². The number of nitrogens with two attached hydrogens (primary N) is 2. The molecule has 5 rings (SSSR count). The summed E-state index contributed by atoms with van der Waals surface area (Å²) in [5, 5.41) is 5.52. The molecule has 45 heavy (non-hydrogen) atoms. The first-order valence-electron chi connectivity index (χ1n) is 14.9. The van der Waals surface area contributed by atoms with Gasteiger partial charge in [0.25, 0.3) is 0 Å². The van der Waals surface area contributed by atoms with Crippen molar-refractivity contribution in [3.8, 4) is 0 Å². The second-order valence-electron chi connectivity index (χ2n) is 11.4. The fraction of sp³-hybridized carbons (Fsp3) is 0.500. The van der Waals surface area contributed by atoms with E-state index in [0.29, 0.717) is 49.3 Å². The Bertz CT molecular complexity index is 1460. The van der Waals surface area contributed by atoms with Gasteiger partial charge in [0.1, 0.15) is 24.2 Å². The quantitative estimate of drug-likeness (QED) is 0.108. The lowest BCUT2D eigenvalue weighted by molar-refractivity contribution is -0.144. The third kappa shape index (κ3) is 7.54. The molecule has 2 fully saturated rings. The highest BCUT2D eigenvalue weighted by Gasteiger charge is 2.41. The number of imidazole rings is 3. The Morgan fingerprint density at radius 2 is 1.18 bits per heavy atom. The number of likely N-dealkylation sites (tertiary alicyclic amines) is 2. The number of amides is 5. The summed E-state index contributed by atoms with van der Waals surface area (Å²) < 4.78 is 0. The van der Waals surface area contributed by atoms with Crippen LogP contribution < -0.4 is 22.1 Å². The van der Waals surface area contributed by atoms with Gasteiger partial charge in [0.15, 0.2) is 0 Å². The number of rotatable bonds is 13. The lowest BCUT2D eigenvalue weighted by Gasteiger charge is -2.31. The average Bonchev–Trinajstić information content (AvgIpc) is 3.86. The number of hydrogen-bond donors (Lipinski definition) is 7. The van der Waals surface area contributed by atoms with Crippen LogP contribution in [0, 0.1) is 0 Å². The van der Waals surface area contributed by atoms with Crippen LogP contribution in [0.1, 0.15) is 42.8 Å². The fourth-order valence-electron chi connectivity index (χ4n) is 5.93. The normalized spacial score (nSPS) is 20.0. The number of nitrogens with one attached hydrogen (secondary N) is 5. The van der Waals surface area contributed by atoms with Crippen LogP contribution in [0.4, 0.5) is 0 Å². The van der Waals surface area contributed by atoms with Crippen LogP contribution in [0.2, 0.25) is 0 Å². The van der Waals surface area contributed by atoms with E-state index in [9.17, 15) is 24.0 Å². The molecule has 0 unspecified atom stereocenters. The van der Waals surface area contributed by atoms with Crippen molar-refractivity contribution in [2.75, 3.05) is 13.1 Å². The number of aromatic nitrogens is 6. The zero-order chi connectivity index (χ0) is 31.9. The van der Waals surface area contributed by atoms with Gasteiger partial charge < -0.3 is 46.9 Å². The molecule has 0 radical (unpaired) electrons. The molecule has 2 aliphatic heterocycles. The highest BCUT2D eigenvalue weighted by Crippen LogP contribution is 2.22. The molecule has 0 saturated carbocycles. The van der Waals surface area contributed by atoms with Gasteiger partial charge in [0, 0.05) is 68.0 Å². The topological polar surface area (TPSA) is 254 Å². The Labute approximate surface area is 258 Å². The molecule has 5 heterocycles. The van der Waals surface area contributed by atoms with E-state index in [4.69, 9.17) is 11.5 Å². The van der Waals surface area contributed by atoms with Crippen molar-refractivity contribution in [2.24, 2.45) is 11.5 Å². The lowest BCUT2D eigenvalue weighted by atomic mass is 10.1. The second-order valence-corrected chi connectivity index (χ2v) is 11.4. The first-order chi connectivity index (χ1) is 21.7. The Morgan fingerprint density at radius 3 is 1.64 bits per heavy atom. The van der Waals surface area contributed by atoms with Crippen molar-refractivity contribution in [2.45, 2.75) is 75.2 Å². The monoisotopic (exact) mass is 622 g/mol. The van der Waals surface area contributed by atoms with Gasteiger partial charge in [0.2, 0.25) is 29.5 Å². The summed E-state index contributed by atoms with van der Waals surface area (Å²) >= 11 is 0. The predicted octanol–water partition coefficient (Wildman–Crippen LogP) is -2.35. The van der Waals surface area contributed by atoms with E-state index in [1.807, 2.05) is 0 Å². The van der Waals surface area contributed by atoms with Gasteiger partial charge >= 0.3 is 0 Å². The van der Waals surface area contributed by atoms with Gasteiger partial charge in [-0.15, -0.1) is 0 Å². The van der Waals surface area contributed by atoms with Crippen molar-refractivity contribution in [1.29, 1.82) is 0 Å². The summed E-state index contributed by atoms with van der Waals surface area (Å²) in [4.78, 5) is 89.9. The van der Waals surface area contributed by atoms with Crippen LogP contribution in [0.25, 0.3) is 0 Å². The summed E-state index contributed by atoms with van der Waals surface area (Å²) in [5.74, 6) is -2.56. The standard InChI is InChI=1S/C28H38N12O5/c29-19(7-16-10-31-13-34-16)27(44)39-5-1-3-22(39)26(43)38-21(9-18-12-33-15-36-18)28(45)40-6-2-4-23(40)25(42)37-20(24(30)41)8-17-11-32-14-35-17/h10-15,19-23H,1-9,29H2,(H2,30,41)(H,31,34)(H,32,35)(H,33,36)(H,37,42)(H,38,43)/t19-,20-,21-,22-,23-/m0/s1. The Balaban J connectivity index is 1.27. The van der Waals surface area contributed by atoms with Crippen LogP contribution in [-0.4, -0.2) is 113 Å². The summed E-state index contributed by atoms with van der Waals surface area (Å²) in [7, 11) is 0. The van der Waals surface area contributed by atoms with E-state index >= 15 is 0 Å². The summed E-state index contributed by atoms with van der Waals surface area (Å²) in [5.41, 5.74) is 13.7. The molecular weight excluding hydrogens is 584 g/mol. The van der Waals surface area contributed by atoms with E-state index in [1.54, 1.807) is 12.4 Å². The number of nitrogens with zero attached hydrogens (tertiary/aromatic N) is 5. The number of carbonyl (C=O) groups is 5. The fourth-order valence-corrected chi connectivity index (χ4v) is 5.93. The molecule has 0 aromatic carbocycles. The lowest BCUT2D eigenvalue weighted by Crippen LogP contribution is -2.59. The third-order valence-corrected chi connectivity index (χ3v) is 8.22. The molecule has 9 N–H and O–H groups in total. The minimum absolute atomic E-state index is 0.0825. The minimum Gasteiger partial charge on any atom is -0.368 e. The van der Waals surface area contributed by atoms with Crippen LogP contribution in [0.3, 0.4) is 0 Å². The van der Waals surface area contributed by atoms with E-state index < -0.39 is 53.8 Å². The number of aromatic amines is 3. The smallest absolute Gasteiger partial charge is 0.246 e. The van der Waals surface area contributed by atoms with Gasteiger partial charge in [-0.2, -0.15) is 0 Å². The van der Waals surface area contributed by atoms with Crippen molar-refractivity contribution in [1.82, 2.24) is 50.3 Å². The zero-order valence-electron chi connectivity index (χ0n) is 24.6. The third-order valence-electron chi connectivity index (χ3n) is 8.22. The number of H-pyrrole nitrogens is 3. The first kappa shape index (κ1) is 31.4. The molecule has 17 heteroatoms. The first-order valence-corrected chi connectivity index (χ1v) is 14.9. The predicted molar refractivity (Wildman–Crippen MR) is 157 cm³/mol. The molecule has 5 atom stereocenters. The van der Waals surface area contributed by atoms with Crippen LogP contribution in [-0.2, 0) is 43.2 Å². The Hall–Kier alpha value is -5.06. The number of primary amides is 1. The SMILES string of the molecule is NC(=O)[C@H](Cc1cnc[nH]1)NC(=O)[C@@H]1CCCN1C(=O)[C@H](Cc1cnc[nH]1)NC(=O)[C@@H]1CCCN1C(=O)[C@@H](N)Cc1cnc[nH]1. The molecule has 0 spiro atoms. The maximum atomic E-state index is 14.0. The molecule has 240 valence electrons. The van der Waals surface area contributed by atoms with Crippen molar-refractivity contribution < 1.29 is 24.0 Å². The summed E-state index contributed by atoms with van der Waals surface area (Å²) in [6.45, 7) is 0.644. The van der Waals surface area contributed by atoms with Gasteiger partial charge in [0.05, 0.1) is 25.0 Å². The number of hydrogen-bond acceptors (Lipinski definition) is 9. The molecular formula is C28H38N12O5. The molecule has 0 aliphatic carbocycles. The van der Waals surface area contributed by atoms with Crippen LogP contribution in [0.15, 0.2) is 37.6 Å². The minimum atomic E-state index is -1.06. The summed E-state index contributed by atoms with van der Waals surface area (Å²) in [6, 6.07) is -4.62. The van der Waals surface area contributed by atoms with Gasteiger partial charge in [-0.25, -0.2) is 15.0 Å². The second kappa shape index (κ2) is 14.1. The van der Waals surface area contributed by atoms with Gasteiger partial charge in [-0.05, 0) is 25.7 Å². The maximum absolute atomic E-state index is 14.0. The van der Waals surface area contributed by atoms with Crippen LogP contribution >= 0.6 is 0 Å². The van der Waals surface area contributed by atoms with Crippen molar-refractivity contribution in [3.05, 3.63) is 54.7 Å². The zero-order valence-corrected chi connectivity index (χ0v) is 24.6. The van der Waals surface area contributed by atoms with Crippen LogP contribution in [0.5, 0.6) is 0 Å². The molecule has 3 aromatic heterocycles. The molecule has 5 amide bonds. The van der Waals surface area contributed by atoms with E-state index in [2.05, 4.69) is 40.5 Å². The van der Waals surface area contributed by atoms with Crippen molar-refractivity contribution in [3.63, 3.8) is 0 Å². The number of carbonyl (C=O) groups excluding carboxylic acids is 5. The van der Waals surface area contributed by atoms with Crippen molar-refractivity contribution >= 4 is 29.5 Å². The molecule has 3 aromatic rings. The van der Waals surface area contributed by atoms with E-state index in [0.717, 1.165) is 0 Å². The van der Waals surface area contributed by atoms with E-state index in [-0.39, 0.29) is 31.7 Å². The van der Waals surface area contributed by atoms with Gasteiger partial charge in [-0.1, -0.05) is 0 Å². The highest BCUT2D eigenvalue weighted by molar-refractivity contribution is 5.96. The Morgan fingerprint density at radius 1 is 0.733 bits per heavy atom. The average molecular weight is 623 g/mol. The highest BCUT2D eigenvalue weighted by atomic mass is 16.2. The Kier molecular flexibility index (Phi) is 9.86. The molecule has 2 saturated heterocycles. The molecule has 0 bridgehead atoms. The summed E-state index contributed by atoms with van der Waals surface area (Å²) in [6.07, 6.45) is 11.5. The maximum Gasteiger partial charge on any atom is 0.246 e. The molecule has 2 aliphatic rings. The molecule has 17 nitrogen and oxygen atoms in total.